The predicted octanol–water partition coefficient (Wildman–Crippen LogP) is 4.76. The van der Waals surface area contributed by atoms with E-state index in [2.05, 4.69) is 38.3 Å². The van der Waals surface area contributed by atoms with Gasteiger partial charge in [-0.05, 0) is 74.2 Å². The summed E-state index contributed by atoms with van der Waals surface area (Å²) in [5.41, 5.74) is 1.96. The van der Waals surface area contributed by atoms with Crippen LogP contribution in [0.2, 0.25) is 0 Å². The lowest BCUT2D eigenvalue weighted by Crippen LogP contribution is -2.45. The Morgan fingerprint density at radius 3 is 2.31 bits per heavy atom. The summed E-state index contributed by atoms with van der Waals surface area (Å²) in [6.45, 7) is 4.14. The quantitative estimate of drug-likeness (QED) is 0.519. The number of benzene rings is 2. The SMILES string of the molecule is COC(=O)NC(CCN1CCC2(CC1)CCN(Cc1ccc(Br)cc1)C2=O)c1ccc(OC)cc1. The normalized spacial score (nSPS) is 18.5. The molecule has 1 N–H and O–H groups in total. The van der Waals surface area contributed by atoms with Gasteiger partial charge < -0.3 is 24.6 Å². The van der Waals surface area contributed by atoms with Gasteiger partial charge in [-0.2, -0.15) is 0 Å². The smallest absolute Gasteiger partial charge is 0.407 e. The van der Waals surface area contributed by atoms with E-state index in [0.29, 0.717) is 12.5 Å². The Kier molecular flexibility index (Phi) is 8.34. The van der Waals surface area contributed by atoms with E-state index in [-0.39, 0.29) is 11.5 Å². The zero-order chi connectivity index (χ0) is 24.8. The molecule has 2 heterocycles. The predicted molar refractivity (Wildman–Crippen MR) is 138 cm³/mol. The molecule has 0 aliphatic carbocycles. The maximum atomic E-state index is 13.3. The van der Waals surface area contributed by atoms with E-state index in [9.17, 15) is 9.59 Å². The van der Waals surface area contributed by atoms with Crippen LogP contribution in [0.4, 0.5) is 4.79 Å². The number of alkyl carbamates (subject to hydrolysis) is 1. The van der Waals surface area contributed by atoms with Crippen molar-refractivity contribution in [3.63, 3.8) is 0 Å². The summed E-state index contributed by atoms with van der Waals surface area (Å²) in [6.07, 6.45) is 3.04. The fourth-order valence-electron chi connectivity index (χ4n) is 5.19. The third-order valence-corrected chi connectivity index (χ3v) is 7.96. The van der Waals surface area contributed by atoms with Gasteiger partial charge >= 0.3 is 6.09 Å². The molecule has 2 saturated heterocycles. The molecule has 0 bridgehead atoms. The summed E-state index contributed by atoms with van der Waals surface area (Å²) < 4.78 is 11.1. The van der Waals surface area contributed by atoms with E-state index >= 15 is 0 Å². The molecular formula is C27H34BrN3O4. The third-order valence-electron chi connectivity index (χ3n) is 7.43. The van der Waals surface area contributed by atoms with Gasteiger partial charge in [0, 0.05) is 24.1 Å². The fraction of sp³-hybridized carbons (Fsp3) is 0.481. The van der Waals surface area contributed by atoms with Crippen LogP contribution in [0.5, 0.6) is 5.75 Å². The first kappa shape index (κ1) is 25.5. The first-order valence-corrected chi connectivity index (χ1v) is 13.0. The minimum absolute atomic E-state index is 0.154. The van der Waals surface area contributed by atoms with E-state index in [1.807, 2.05) is 41.3 Å². The minimum atomic E-state index is -0.439. The number of hydrogen-bond acceptors (Lipinski definition) is 5. The first-order chi connectivity index (χ1) is 16.9. The molecule has 0 radical (unpaired) electrons. The van der Waals surface area contributed by atoms with Gasteiger partial charge in [-0.25, -0.2) is 4.79 Å². The molecule has 4 rings (SSSR count). The Balaban J connectivity index is 1.31. The van der Waals surface area contributed by atoms with Gasteiger partial charge in [-0.3, -0.25) is 4.79 Å². The van der Waals surface area contributed by atoms with Crippen LogP contribution in [-0.4, -0.2) is 62.2 Å². The molecule has 0 aromatic heterocycles. The average molecular weight is 544 g/mol. The molecular weight excluding hydrogens is 510 g/mol. The lowest BCUT2D eigenvalue weighted by atomic mass is 9.77. The second-order valence-electron chi connectivity index (χ2n) is 9.48. The van der Waals surface area contributed by atoms with Crippen LogP contribution in [0, 0.1) is 5.41 Å². The molecule has 2 aromatic rings. The number of likely N-dealkylation sites (tertiary alicyclic amines) is 2. The number of carbonyl (C=O) groups excluding carboxylic acids is 2. The summed E-state index contributed by atoms with van der Waals surface area (Å²) in [5, 5.41) is 2.96. The number of piperidine rings is 1. The van der Waals surface area contributed by atoms with Crippen molar-refractivity contribution >= 4 is 27.9 Å². The van der Waals surface area contributed by atoms with Gasteiger partial charge in [-0.15, -0.1) is 0 Å². The van der Waals surface area contributed by atoms with Crippen molar-refractivity contribution < 1.29 is 19.1 Å². The average Bonchev–Trinajstić information content (AvgIpc) is 3.18. The molecule has 2 aliphatic rings. The molecule has 1 unspecified atom stereocenters. The molecule has 2 fully saturated rings. The van der Waals surface area contributed by atoms with Crippen molar-refractivity contribution in [1.29, 1.82) is 0 Å². The van der Waals surface area contributed by atoms with E-state index in [0.717, 1.165) is 67.6 Å². The van der Waals surface area contributed by atoms with Crippen molar-refractivity contribution in [1.82, 2.24) is 15.1 Å². The van der Waals surface area contributed by atoms with Gasteiger partial charge in [0.1, 0.15) is 5.75 Å². The van der Waals surface area contributed by atoms with Crippen LogP contribution < -0.4 is 10.1 Å². The van der Waals surface area contributed by atoms with Gasteiger partial charge in [0.05, 0.1) is 25.7 Å². The number of rotatable bonds is 8. The van der Waals surface area contributed by atoms with Crippen molar-refractivity contribution in [2.45, 2.75) is 38.3 Å². The summed E-state index contributed by atoms with van der Waals surface area (Å²) in [7, 11) is 3.01. The Bertz CT molecular complexity index is 1000. The molecule has 35 heavy (non-hydrogen) atoms. The highest BCUT2D eigenvalue weighted by Crippen LogP contribution is 2.42. The Hall–Kier alpha value is -2.58. The molecule has 2 amide bonds. The summed E-state index contributed by atoms with van der Waals surface area (Å²) in [6, 6.07) is 15.8. The van der Waals surface area contributed by atoms with Gasteiger partial charge in [0.25, 0.3) is 0 Å². The van der Waals surface area contributed by atoms with Crippen LogP contribution in [0.25, 0.3) is 0 Å². The van der Waals surface area contributed by atoms with E-state index in [4.69, 9.17) is 9.47 Å². The number of carbonyl (C=O) groups is 2. The number of ether oxygens (including phenoxy) is 2. The molecule has 188 valence electrons. The Labute approximate surface area is 215 Å². The third kappa shape index (κ3) is 6.16. The zero-order valence-corrected chi connectivity index (χ0v) is 22.1. The lowest BCUT2D eigenvalue weighted by molar-refractivity contribution is -0.138. The van der Waals surface area contributed by atoms with Crippen LogP contribution in [0.1, 0.15) is 42.9 Å². The number of nitrogens with zero attached hydrogens (tertiary/aromatic N) is 2. The number of methoxy groups -OCH3 is 2. The maximum absolute atomic E-state index is 13.3. The summed E-state index contributed by atoms with van der Waals surface area (Å²) in [5.74, 6) is 1.09. The molecule has 2 aromatic carbocycles. The lowest BCUT2D eigenvalue weighted by Gasteiger charge is -2.38. The molecule has 1 atom stereocenters. The second kappa shape index (κ2) is 11.4. The highest BCUT2D eigenvalue weighted by Gasteiger charge is 2.47. The van der Waals surface area contributed by atoms with E-state index in [1.54, 1.807) is 7.11 Å². The number of nitrogens with one attached hydrogen (secondary N) is 1. The largest absolute Gasteiger partial charge is 0.497 e. The van der Waals surface area contributed by atoms with Gasteiger partial charge in [0.2, 0.25) is 5.91 Å². The molecule has 0 saturated carbocycles. The van der Waals surface area contributed by atoms with Crippen molar-refractivity contribution in [3.8, 4) is 5.75 Å². The second-order valence-corrected chi connectivity index (χ2v) is 10.4. The summed E-state index contributed by atoms with van der Waals surface area (Å²) >= 11 is 3.47. The molecule has 1 spiro atoms. The topological polar surface area (TPSA) is 71.1 Å². The standard InChI is InChI=1S/C27H34BrN3O4/c1-34-23-9-5-21(6-10-23)24(29-26(33)35-2)11-15-30-16-12-27(13-17-30)14-18-31(25(27)32)19-20-3-7-22(28)8-4-20/h3-10,24H,11-19H2,1-2H3,(H,29,33). The minimum Gasteiger partial charge on any atom is -0.497 e. The Morgan fingerprint density at radius 1 is 1.03 bits per heavy atom. The van der Waals surface area contributed by atoms with Crippen molar-refractivity contribution in [3.05, 3.63) is 64.1 Å². The Morgan fingerprint density at radius 2 is 1.69 bits per heavy atom. The van der Waals surface area contributed by atoms with Crippen LogP contribution in [0.15, 0.2) is 53.0 Å². The highest BCUT2D eigenvalue weighted by molar-refractivity contribution is 9.10. The van der Waals surface area contributed by atoms with Crippen LogP contribution >= 0.6 is 15.9 Å². The fourth-order valence-corrected chi connectivity index (χ4v) is 5.46. The van der Waals surface area contributed by atoms with Crippen LogP contribution in [-0.2, 0) is 16.1 Å². The molecule has 2 aliphatic heterocycles. The van der Waals surface area contributed by atoms with Crippen LogP contribution in [0.3, 0.4) is 0 Å². The first-order valence-electron chi connectivity index (χ1n) is 12.2. The van der Waals surface area contributed by atoms with Gasteiger partial charge in [0.15, 0.2) is 0 Å². The molecule has 8 heteroatoms. The maximum Gasteiger partial charge on any atom is 0.407 e. The number of halogens is 1. The van der Waals surface area contributed by atoms with E-state index < -0.39 is 6.09 Å². The molecule has 7 nitrogen and oxygen atoms in total. The van der Waals surface area contributed by atoms with Crippen molar-refractivity contribution in [2.75, 3.05) is 40.4 Å². The zero-order valence-electron chi connectivity index (χ0n) is 20.5. The van der Waals surface area contributed by atoms with Gasteiger partial charge in [-0.1, -0.05) is 40.2 Å². The number of amides is 2. The number of hydrogen-bond donors (Lipinski definition) is 1. The van der Waals surface area contributed by atoms with Crippen molar-refractivity contribution in [2.24, 2.45) is 5.41 Å². The summed E-state index contributed by atoms with van der Waals surface area (Å²) in [4.78, 5) is 29.7. The monoisotopic (exact) mass is 543 g/mol. The van der Waals surface area contributed by atoms with E-state index in [1.165, 1.54) is 12.7 Å². The highest BCUT2D eigenvalue weighted by atomic mass is 79.9.